The average Bonchev–Trinajstić information content (AvgIpc) is 2.96. The standard InChI is InChI=1S/C15H9BrN4O3/c16-9-2-1-8-6-23-14-12(15(21)22)19-20(13(14)10(8)5-9)11-3-4-17-7-18-11/h1-5,7H,6H2,(H,21,22). The molecule has 114 valence electrons. The van der Waals surface area contributed by atoms with Gasteiger partial charge in [0.25, 0.3) is 0 Å². The van der Waals surface area contributed by atoms with Crippen LogP contribution in [0.5, 0.6) is 5.75 Å². The molecule has 1 aromatic carbocycles. The Morgan fingerprint density at radius 2 is 2.22 bits per heavy atom. The number of aromatic carboxylic acids is 1. The minimum absolute atomic E-state index is 0.135. The molecule has 4 rings (SSSR count). The first kappa shape index (κ1) is 13.9. The second-order valence-corrected chi connectivity index (χ2v) is 5.82. The number of aromatic nitrogens is 4. The van der Waals surface area contributed by atoms with Gasteiger partial charge >= 0.3 is 5.97 Å². The minimum Gasteiger partial charge on any atom is -0.484 e. The molecule has 1 N–H and O–H groups in total. The average molecular weight is 373 g/mol. The summed E-state index contributed by atoms with van der Waals surface area (Å²) in [6.45, 7) is 0.297. The molecule has 3 heterocycles. The van der Waals surface area contributed by atoms with Crippen LogP contribution in [0, 0.1) is 0 Å². The molecule has 0 bridgehead atoms. The van der Waals surface area contributed by atoms with Crippen molar-refractivity contribution in [2.24, 2.45) is 0 Å². The Labute approximate surface area is 138 Å². The van der Waals surface area contributed by atoms with Gasteiger partial charge in [-0.15, -0.1) is 0 Å². The number of rotatable bonds is 2. The SMILES string of the molecule is O=C(O)c1nn(-c2ccncn2)c2c1OCc1ccc(Br)cc1-2. The van der Waals surface area contributed by atoms with E-state index in [1.165, 1.54) is 11.0 Å². The quantitative estimate of drug-likeness (QED) is 0.743. The zero-order valence-electron chi connectivity index (χ0n) is 11.6. The number of ether oxygens (including phenoxy) is 1. The van der Waals surface area contributed by atoms with Gasteiger partial charge in [-0.25, -0.2) is 19.4 Å². The molecule has 0 radical (unpaired) electrons. The highest BCUT2D eigenvalue weighted by atomic mass is 79.9. The summed E-state index contributed by atoms with van der Waals surface area (Å²) in [6, 6.07) is 7.42. The number of fused-ring (bicyclic) bond motifs is 3. The van der Waals surface area contributed by atoms with Gasteiger partial charge in [-0.3, -0.25) is 0 Å². The highest BCUT2D eigenvalue weighted by Crippen LogP contribution is 2.41. The predicted molar refractivity (Wildman–Crippen MR) is 83.6 cm³/mol. The fourth-order valence-corrected chi connectivity index (χ4v) is 2.90. The van der Waals surface area contributed by atoms with E-state index in [0.717, 1.165) is 15.6 Å². The number of carboxylic acid groups (broad SMARTS) is 1. The van der Waals surface area contributed by atoms with Crippen LogP contribution < -0.4 is 4.74 Å². The van der Waals surface area contributed by atoms with Crippen LogP contribution in [-0.4, -0.2) is 30.8 Å². The van der Waals surface area contributed by atoms with Crippen molar-refractivity contribution in [2.75, 3.05) is 0 Å². The molecule has 3 aromatic rings. The third-order valence-electron chi connectivity index (χ3n) is 3.53. The molecule has 23 heavy (non-hydrogen) atoms. The maximum Gasteiger partial charge on any atom is 0.360 e. The van der Waals surface area contributed by atoms with E-state index in [9.17, 15) is 9.90 Å². The maximum atomic E-state index is 11.5. The number of hydrogen-bond acceptors (Lipinski definition) is 5. The molecule has 0 atom stereocenters. The zero-order valence-corrected chi connectivity index (χ0v) is 13.2. The highest BCUT2D eigenvalue weighted by molar-refractivity contribution is 9.10. The van der Waals surface area contributed by atoms with Crippen molar-refractivity contribution >= 4 is 21.9 Å². The van der Waals surface area contributed by atoms with E-state index >= 15 is 0 Å². The molecule has 1 aliphatic heterocycles. The zero-order chi connectivity index (χ0) is 16.0. The molecular weight excluding hydrogens is 364 g/mol. The predicted octanol–water partition coefficient (Wildman–Crippen LogP) is 2.68. The summed E-state index contributed by atoms with van der Waals surface area (Å²) in [7, 11) is 0. The van der Waals surface area contributed by atoms with E-state index < -0.39 is 5.97 Å². The number of carbonyl (C=O) groups is 1. The first-order valence-electron chi connectivity index (χ1n) is 6.69. The molecule has 0 aliphatic carbocycles. The van der Waals surface area contributed by atoms with Crippen molar-refractivity contribution in [2.45, 2.75) is 6.61 Å². The molecule has 7 nitrogen and oxygen atoms in total. The first-order chi connectivity index (χ1) is 11.1. The molecular formula is C15H9BrN4O3. The molecule has 0 saturated heterocycles. The second-order valence-electron chi connectivity index (χ2n) is 4.90. The molecule has 0 saturated carbocycles. The Kier molecular flexibility index (Phi) is 3.12. The second kappa shape index (κ2) is 5.17. The van der Waals surface area contributed by atoms with Gasteiger partial charge in [0, 0.05) is 22.3 Å². The van der Waals surface area contributed by atoms with E-state index in [0.29, 0.717) is 18.1 Å². The van der Waals surface area contributed by atoms with Crippen LogP contribution in [0.4, 0.5) is 0 Å². The monoisotopic (exact) mass is 372 g/mol. The number of hydrogen-bond donors (Lipinski definition) is 1. The lowest BCUT2D eigenvalue weighted by Crippen LogP contribution is -2.09. The lowest BCUT2D eigenvalue weighted by Gasteiger charge is -2.19. The van der Waals surface area contributed by atoms with E-state index in [2.05, 4.69) is 31.0 Å². The summed E-state index contributed by atoms with van der Waals surface area (Å²) in [5, 5.41) is 13.6. The number of nitrogens with zero attached hydrogens (tertiary/aromatic N) is 4. The lowest BCUT2D eigenvalue weighted by atomic mass is 10.0. The summed E-state index contributed by atoms with van der Waals surface area (Å²) in [5.41, 5.74) is 2.25. The summed E-state index contributed by atoms with van der Waals surface area (Å²) in [6.07, 6.45) is 2.96. The largest absolute Gasteiger partial charge is 0.484 e. The molecule has 1 aliphatic rings. The number of benzene rings is 1. The topological polar surface area (TPSA) is 90.1 Å². The molecule has 8 heteroatoms. The third-order valence-corrected chi connectivity index (χ3v) is 4.02. The minimum atomic E-state index is -1.15. The van der Waals surface area contributed by atoms with Gasteiger partial charge in [-0.2, -0.15) is 5.10 Å². The van der Waals surface area contributed by atoms with Crippen LogP contribution in [0.3, 0.4) is 0 Å². The van der Waals surface area contributed by atoms with Gasteiger partial charge in [-0.1, -0.05) is 22.0 Å². The number of carboxylic acids is 1. The third kappa shape index (κ3) is 2.18. The smallest absolute Gasteiger partial charge is 0.360 e. The Hall–Kier alpha value is -2.74. The molecule has 2 aromatic heterocycles. The Balaban J connectivity index is 2.05. The fourth-order valence-electron chi connectivity index (χ4n) is 2.54. The van der Waals surface area contributed by atoms with Crippen molar-refractivity contribution in [3.63, 3.8) is 0 Å². The summed E-state index contributed by atoms with van der Waals surface area (Å²) in [5.74, 6) is -0.422. The Bertz CT molecular complexity index is 924. The van der Waals surface area contributed by atoms with Crippen molar-refractivity contribution in [3.05, 3.63) is 52.5 Å². The summed E-state index contributed by atoms with van der Waals surface area (Å²) >= 11 is 3.45. The van der Waals surface area contributed by atoms with E-state index in [1.54, 1.807) is 12.3 Å². The Morgan fingerprint density at radius 1 is 1.35 bits per heavy atom. The van der Waals surface area contributed by atoms with Gasteiger partial charge < -0.3 is 9.84 Å². The van der Waals surface area contributed by atoms with Crippen LogP contribution in [0.25, 0.3) is 17.1 Å². The van der Waals surface area contributed by atoms with Gasteiger partial charge in [0.15, 0.2) is 11.6 Å². The van der Waals surface area contributed by atoms with Crippen LogP contribution in [0.2, 0.25) is 0 Å². The van der Waals surface area contributed by atoms with Gasteiger partial charge in [0.05, 0.1) is 0 Å². The van der Waals surface area contributed by atoms with Gasteiger partial charge in [-0.05, 0) is 17.7 Å². The normalized spacial score (nSPS) is 12.2. The van der Waals surface area contributed by atoms with Crippen LogP contribution in [0.15, 0.2) is 41.3 Å². The van der Waals surface area contributed by atoms with Crippen LogP contribution in [0.1, 0.15) is 16.1 Å². The van der Waals surface area contributed by atoms with Gasteiger partial charge in [0.1, 0.15) is 18.6 Å². The molecule has 0 fully saturated rings. The first-order valence-corrected chi connectivity index (χ1v) is 7.49. The molecule has 0 amide bonds. The van der Waals surface area contributed by atoms with Crippen molar-refractivity contribution in [3.8, 4) is 22.8 Å². The summed E-state index contributed by atoms with van der Waals surface area (Å²) in [4.78, 5) is 19.5. The van der Waals surface area contributed by atoms with Crippen molar-refractivity contribution in [1.29, 1.82) is 0 Å². The fraction of sp³-hybridized carbons (Fsp3) is 0.0667. The van der Waals surface area contributed by atoms with Gasteiger partial charge in [0.2, 0.25) is 5.69 Å². The van der Waals surface area contributed by atoms with Crippen molar-refractivity contribution in [1.82, 2.24) is 19.7 Å². The van der Waals surface area contributed by atoms with E-state index in [1.807, 2.05) is 18.2 Å². The lowest BCUT2D eigenvalue weighted by molar-refractivity contribution is 0.0685. The molecule has 0 spiro atoms. The maximum absolute atomic E-state index is 11.5. The Morgan fingerprint density at radius 3 is 2.96 bits per heavy atom. The van der Waals surface area contributed by atoms with Crippen LogP contribution >= 0.6 is 15.9 Å². The van der Waals surface area contributed by atoms with E-state index in [4.69, 9.17) is 4.74 Å². The molecule has 0 unspecified atom stereocenters. The van der Waals surface area contributed by atoms with Crippen molar-refractivity contribution < 1.29 is 14.6 Å². The van der Waals surface area contributed by atoms with E-state index in [-0.39, 0.29) is 11.4 Å². The number of halogens is 1. The van der Waals surface area contributed by atoms with Crippen LogP contribution in [-0.2, 0) is 6.61 Å². The highest BCUT2D eigenvalue weighted by Gasteiger charge is 2.31. The summed E-state index contributed by atoms with van der Waals surface area (Å²) < 4.78 is 8.02.